The molecule has 0 amide bonds. The Labute approximate surface area is 94.0 Å². The molecule has 6 nitrogen and oxygen atoms in total. The lowest BCUT2D eigenvalue weighted by Gasteiger charge is -2.09. The van der Waals surface area contributed by atoms with Crippen LogP contribution in [-0.4, -0.2) is 35.0 Å². The molecule has 1 atom stereocenters. The molecule has 0 fully saturated rings. The van der Waals surface area contributed by atoms with E-state index in [4.69, 9.17) is 9.47 Å². The molecule has 6 heteroatoms. The minimum Gasteiger partial charge on any atom is -0.467 e. The lowest BCUT2D eigenvalue weighted by atomic mass is 10.0. The highest BCUT2D eigenvalue weighted by Gasteiger charge is 2.19. The van der Waals surface area contributed by atoms with E-state index < -0.39 is 0 Å². The van der Waals surface area contributed by atoms with Crippen molar-refractivity contribution in [2.24, 2.45) is 0 Å². The fourth-order valence-corrected chi connectivity index (χ4v) is 1.18. The van der Waals surface area contributed by atoms with Gasteiger partial charge >= 0.3 is 12.0 Å². The van der Waals surface area contributed by atoms with Crippen LogP contribution in [0.1, 0.15) is 32.0 Å². The summed E-state index contributed by atoms with van der Waals surface area (Å²) in [5.74, 6) is 0.0571. The first-order valence-corrected chi connectivity index (χ1v) is 4.99. The van der Waals surface area contributed by atoms with Crippen LogP contribution in [0.2, 0.25) is 0 Å². The van der Waals surface area contributed by atoms with Crippen LogP contribution in [0.25, 0.3) is 0 Å². The molecule has 88 valence electrons. The molecule has 16 heavy (non-hydrogen) atoms. The first-order chi connectivity index (χ1) is 7.62. The summed E-state index contributed by atoms with van der Waals surface area (Å²) >= 11 is 0. The maximum Gasteiger partial charge on any atom is 0.322 e. The molecule has 1 unspecified atom stereocenters. The highest BCUT2D eigenvalue weighted by Crippen LogP contribution is 2.17. The van der Waals surface area contributed by atoms with Gasteiger partial charge in [0.25, 0.3) is 0 Å². The van der Waals surface area contributed by atoms with Crippen molar-refractivity contribution in [1.82, 2.24) is 15.0 Å². The number of methoxy groups -OCH3 is 2. The summed E-state index contributed by atoms with van der Waals surface area (Å²) < 4.78 is 9.81. The van der Waals surface area contributed by atoms with Gasteiger partial charge in [-0.25, -0.2) is 0 Å². The van der Waals surface area contributed by atoms with Crippen LogP contribution in [0.4, 0.5) is 0 Å². The zero-order valence-corrected chi connectivity index (χ0v) is 9.85. The zero-order chi connectivity index (χ0) is 12.1. The number of rotatable bonds is 5. The summed E-state index contributed by atoms with van der Waals surface area (Å²) in [6.07, 6.45) is 0.442. The molecule has 1 aromatic heterocycles. The number of carbonyl (C=O) groups is 1. The number of Topliss-reactive ketones (excluding diaryl/α,β-unsaturated/α-hetero) is 1. The van der Waals surface area contributed by atoms with E-state index in [0.717, 1.165) is 0 Å². The quantitative estimate of drug-likeness (QED) is 0.743. The Morgan fingerprint density at radius 1 is 1.19 bits per heavy atom. The summed E-state index contributed by atoms with van der Waals surface area (Å²) in [6.45, 7) is 3.55. The molecule has 0 radical (unpaired) electrons. The van der Waals surface area contributed by atoms with E-state index in [0.29, 0.717) is 12.2 Å². The van der Waals surface area contributed by atoms with Crippen molar-refractivity contribution in [3.63, 3.8) is 0 Å². The van der Waals surface area contributed by atoms with Crippen molar-refractivity contribution in [1.29, 1.82) is 0 Å². The molecule has 0 saturated heterocycles. The van der Waals surface area contributed by atoms with E-state index in [9.17, 15) is 4.79 Å². The monoisotopic (exact) mass is 225 g/mol. The summed E-state index contributed by atoms with van der Waals surface area (Å²) in [7, 11) is 2.90. The maximum absolute atomic E-state index is 11.5. The lowest BCUT2D eigenvalue weighted by molar-refractivity contribution is -0.120. The number of carbonyl (C=O) groups excluding carboxylic acids is 1. The fourth-order valence-electron chi connectivity index (χ4n) is 1.18. The molecule has 0 spiro atoms. The molecular formula is C10H15N3O3. The molecule has 0 N–H and O–H groups in total. The van der Waals surface area contributed by atoms with E-state index in [1.807, 2.05) is 0 Å². The van der Waals surface area contributed by atoms with Crippen LogP contribution in [0.15, 0.2) is 0 Å². The number of ketones is 1. The molecule has 0 aliphatic heterocycles. The topological polar surface area (TPSA) is 74.2 Å². The van der Waals surface area contributed by atoms with Gasteiger partial charge in [0.1, 0.15) is 11.6 Å². The highest BCUT2D eigenvalue weighted by molar-refractivity contribution is 5.84. The SMILES string of the molecule is CCC(=O)C(C)c1nc(OC)nc(OC)n1. The first-order valence-electron chi connectivity index (χ1n) is 4.99. The normalized spacial score (nSPS) is 12.0. The van der Waals surface area contributed by atoms with Crippen molar-refractivity contribution >= 4 is 5.78 Å². The largest absolute Gasteiger partial charge is 0.467 e. The van der Waals surface area contributed by atoms with Gasteiger partial charge in [0.2, 0.25) is 0 Å². The van der Waals surface area contributed by atoms with Gasteiger partial charge in [-0.05, 0) is 6.92 Å². The molecule has 0 saturated carbocycles. The molecule has 0 aliphatic rings. The van der Waals surface area contributed by atoms with Crippen LogP contribution >= 0.6 is 0 Å². The summed E-state index contributed by atoms with van der Waals surface area (Å²) in [6, 6.07) is 0.301. The summed E-state index contributed by atoms with van der Waals surface area (Å²) in [4.78, 5) is 23.4. The Kier molecular flexibility index (Phi) is 4.16. The van der Waals surface area contributed by atoms with E-state index >= 15 is 0 Å². The lowest BCUT2D eigenvalue weighted by Crippen LogP contribution is -2.13. The van der Waals surface area contributed by atoms with Crippen molar-refractivity contribution in [3.05, 3.63) is 5.82 Å². The Bertz CT molecular complexity index is 359. The molecule has 0 aliphatic carbocycles. The predicted molar refractivity (Wildman–Crippen MR) is 56.6 cm³/mol. The maximum atomic E-state index is 11.5. The van der Waals surface area contributed by atoms with Gasteiger partial charge in [-0.15, -0.1) is 4.98 Å². The molecular weight excluding hydrogens is 210 g/mol. The zero-order valence-electron chi connectivity index (χ0n) is 9.85. The number of hydrogen-bond donors (Lipinski definition) is 0. The molecule has 1 rings (SSSR count). The smallest absolute Gasteiger partial charge is 0.322 e. The second-order valence-electron chi connectivity index (χ2n) is 3.21. The van der Waals surface area contributed by atoms with Crippen molar-refractivity contribution in [2.75, 3.05) is 14.2 Å². The second kappa shape index (κ2) is 5.39. The summed E-state index contributed by atoms with van der Waals surface area (Å²) in [5.41, 5.74) is 0. The van der Waals surface area contributed by atoms with Crippen LogP contribution < -0.4 is 9.47 Å². The Morgan fingerprint density at radius 2 is 1.69 bits per heavy atom. The molecule has 0 bridgehead atoms. The number of ether oxygens (including phenoxy) is 2. The Hall–Kier alpha value is -1.72. The predicted octanol–water partition coefficient (Wildman–Crippen LogP) is 0.971. The van der Waals surface area contributed by atoms with Crippen molar-refractivity contribution in [3.8, 4) is 12.0 Å². The third-order valence-corrected chi connectivity index (χ3v) is 2.20. The van der Waals surface area contributed by atoms with Gasteiger partial charge in [0.15, 0.2) is 0 Å². The Balaban J connectivity index is 3.07. The van der Waals surface area contributed by atoms with E-state index in [-0.39, 0.29) is 23.7 Å². The molecule has 0 aromatic carbocycles. The minimum absolute atomic E-state index is 0.0651. The summed E-state index contributed by atoms with van der Waals surface area (Å²) in [5, 5.41) is 0. The van der Waals surface area contributed by atoms with Gasteiger partial charge < -0.3 is 9.47 Å². The van der Waals surface area contributed by atoms with E-state index in [1.54, 1.807) is 13.8 Å². The van der Waals surface area contributed by atoms with Gasteiger partial charge in [0, 0.05) is 6.42 Å². The minimum atomic E-state index is -0.379. The molecule has 1 aromatic rings. The fraction of sp³-hybridized carbons (Fsp3) is 0.600. The number of hydrogen-bond acceptors (Lipinski definition) is 6. The first kappa shape index (κ1) is 12.4. The van der Waals surface area contributed by atoms with E-state index in [2.05, 4.69) is 15.0 Å². The van der Waals surface area contributed by atoms with Crippen molar-refractivity contribution in [2.45, 2.75) is 26.2 Å². The molecule has 1 heterocycles. The van der Waals surface area contributed by atoms with Crippen LogP contribution in [-0.2, 0) is 4.79 Å². The Morgan fingerprint density at radius 3 is 2.06 bits per heavy atom. The van der Waals surface area contributed by atoms with Gasteiger partial charge in [-0.2, -0.15) is 9.97 Å². The van der Waals surface area contributed by atoms with Crippen LogP contribution in [0, 0.1) is 0 Å². The highest BCUT2D eigenvalue weighted by atomic mass is 16.5. The van der Waals surface area contributed by atoms with Gasteiger partial charge in [-0.1, -0.05) is 6.92 Å². The third-order valence-electron chi connectivity index (χ3n) is 2.20. The standard InChI is InChI=1S/C10H15N3O3/c1-5-7(14)6(2)8-11-9(15-3)13-10(12-8)16-4/h6H,5H2,1-4H3. The average molecular weight is 225 g/mol. The van der Waals surface area contributed by atoms with Crippen LogP contribution in [0.5, 0.6) is 12.0 Å². The van der Waals surface area contributed by atoms with Gasteiger partial charge in [0.05, 0.1) is 20.1 Å². The third kappa shape index (κ3) is 2.65. The van der Waals surface area contributed by atoms with Crippen LogP contribution in [0.3, 0.4) is 0 Å². The van der Waals surface area contributed by atoms with Gasteiger partial charge in [-0.3, -0.25) is 4.79 Å². The number of aromatic nitrogens is 3. The van der Waals surface area contributed by atoms with Crippen molar-refractivity contribution < 1.29 is 14.3 Å². The average Bonchev–Trinajstić information content (AvgIpc) is 2.35. The second-order valence-corrected chi connectivity index (χ2v) is 3.21. The number of nitrogens with zero attached hydrogens (tertiary/aromatic N) is 3. The van der Waals surface area contributed by atoms with E-state index in [1.165, 1.54) is 14.2 Å².